The number of fused-ring (bicyclic) bond motifs is 1. The number of aromatic nitrogens is 2. The third-order valence-electron chi connectivity index (χ3n) is 6.93. The molecule has 8 heteroatoms. The van der Waals surface area contributed by atoms with Crippen molar-refractivity contribution in [2.45, 2.75) is 64.1 Å². The van der Waals surface area contributed by atoms with Gasteiger partial charge in [0.1, 0.15) is 11.5 Å². The number of anilines is 1. The lowest BCUT2D eigenvalue weighted by Gasteiger charge is -2.36. The van der Waals surface area contributed by atoms with Gasteiger partial charge in [-0.25, -0.2) is 4.98 Å². The predicted molar refractivity (Wildman–Crippen MR) is 150 cm³/mol. The van der Waals surface area contributed by atoms with Crippen LogP contribution >= 0.6 is 0 Å². The Hall–Kier alpha value is -3.59. The van der Waals surface area contributed by atoms with Crippen LogP contribution in [0.4, 0.5) is 5.69 Å². The van der Waals surface area contributed by atoms with Gasteiger partial charge in [-0.2, -0.15) is 0 Å². The zero-order chi connectivity index (χ0) is 27.3. The zero-order valence-corrected chi connectivity index (χ0v) is 22.4. The molecule has 0 aliphatic rings. The Bertz CT molecular complexity index is 1330. The maximum absolute atomic E-state index is 11.3. The van der Waals surface area contributed by atoms with Crippen molar-refractivity contribution in [3.8, 4) is 11.5 Å². The molecule has 1 heterocycles. The molecule has 0 saturated carbocycles. The summed E-state index contributed by atoms with van der Waals surface area (Å²) in [4.78, 5) is 4.46. The second-order valence-corrected chi connectivity index (χ2v) is 10.4. The van der Waals surface area contributed by atoms with Crippen molar-refractivity contribution < 1.29 is 20.1 Å². The Kier molecular flexibility index (Phi) is 8.56. The maximum atomic E-state index is 11.3. The molecular weight excluding hydrogens is 480 g/mol. The van der Waals surface area contributed by atoms with Gasteiger partial charge in [-0.05, 0) is 74.7 Å². The molecule has 8 nitrogen and oxygen atoms in total. The van der Waals surface area contributed by atoms with Crippen LogP contribution in [0.2, 0.25) is 0 Å². The quantitative estimate of drug-likeness (QED) is 0.174. The number of para-hydroxylation sites is 2. The lowest BCUT2D eigenvalue weighted by atomic mass is 9.92. The Morgan fingerprint density at radius 3 is 2.47 bits per heavy atom. The summed E-state index contributed by atoms with van der Waals surface area (Å²) < 4.78 is 7.32. The average Bonchev–Trinajstić information content (AvgIpc) is 3.33. The highest BCUT2D eigenvalue weighted by Crippen LogP contribution is 2.30. The summed E-state index contributed by atoms with van der Waals surface area (Å²) in [6, 6.07) is 20.0. The highest BCUT2D eigenvalue weighted by Gasteiger charge is 2.31. The first-order valence-corrected chi connectivity index (χ1v) is 12.9. The van der Waals surface area contributed by atoms with Gasteiger partial charge in [0, 0.05) is 18.6 Å². The third-order valence-corrected chi connectivity index (χ3v) is 6.93. The van der Waals surface area contributed by atoms with Crippen molar-refractivity contribution in [3.63, 3.8) is 0 Å². The normalized spacial score (nSPS) is 14.3. The molecular formula is C30H38N4O4. The fourth-order valence-electron chi connectivity index (χ4n) is 4.60. The molecule has 0 bridgehead atoms. The van der Waals surface area contributed by atoms with E-state index in [1.165, 1.54) is 0 Å². The molecule has 202 valence electrons. The Morgan fingerprint density at radius 1 is 1.03 bits per heavy atom. The predicted octanol–water partition coefficient (Wildman–Crippen LogP) is 4.60. The number of rotatable bonds is 12. The summed E-state index contributed by atoms with van der Waals surface area (Å²) >= 11 is 0. The Morgan fingerprint density at radius 2 is 1.76 bits per heavy atom. The first-order valence-electron chi connectivity index (χ1n) is 12.9. The standard InChI is InChI=1S/C30H38N4O4/c1-20(35)28(33-30(2,3)15-16-34-19-32-24-7-5-6-8-26(24)34)29(37)22-11-14-27(36)25(17-22)31-18-21-9-12-23(38-4)13-10-21/h5-14,17,19-20,28-29,31,33,35-37H,15-16,18H2,1-4H3. The number of aryl methyl sites for hydroxylation is 1. The number of nitrogens with one attached hydrogen (secondary N) is 2. The summed E-state index contributed by atoms with van der Waals surface area (Å²) in [6.07, 6.45) is 0.792. The van der Waals surface area contributed by atoms with Gasteiger partial charge in [0.15, 0.2) is 0 Å². The highest BCUT2D eigenvalue weighted by atomic mass is 16.5. The molecule has 3 atom stereocenters. The van der Waals surface area contributed by atoms with Crippen LogP contribution in [0.1, 0.15) is 44.4 Å². The molecule has 3 unspecified atom stereocenters. The number of phenols is 1. The van der Waals surface area contributed by atoms with Crippen molar-refractivity contribution in [2.24, 2.45) is 0 Å². The fraction of sp³-hybridized carbons (Fsp3) is 0.367. The Labute approximate surface area is 223 Å². The molecule has 38 heavy (non-hydrogen) atoms. The van der Waals surface area contributed by atoms with Gasteiger partial charge in [-0.3, -0.25) is 0 Å². The molecule has 0 radical (unpaired) electrons. The molecule has 0 fully saturated rings. The molecule has 4 rings (SSSR count). The SMILES string of the molecule is COc1ccc(CNc2cc(C(O)C(NC(C)(C)CCn3cnc4ccccc43)C(C)O)ccc2O)cc1. The number of aliphatic hydroxyl groups excluding tert-OH is 2. The molecule has 0 aliphatic heterocycles. The van der Waals surface area contributed by atoms with Crippen molar-refractivity contribution in [3.05, 3.63) is 84.2 Å². The maximum Gasteiger partial charge on any atom is 0.138 e. The van der Waals surface area contributed by atoms with Gasteiger partial charge >= 0.3 is 0 Å². The number of hydrogen-bond acceptors (Lipinski definition) is 7. The van der Waals surface area contributed by atoms with Gasteiger partial charge in [0.2, 0.25) is 0 Å². The van der Waals surface area contributed by atoms with Gasteiger partial charge in [0.05, 0.1) is 48.4 Å². The van der Waals surface area contributed by atoms with Crippen molar-refractivity contribution in [1.29, 1.82) is 0 Å². The lowest BCUT2D eigenvalue weighted by molar-refractivity contribution is 0.0303. The third kappa shape index (κ3) is 6.64. The van der Waals surface area contributed by atoms with Crippen LogP contribution in [0, 0.1) is 0 Å². The number of methoxy groups -OCH3 is 1. The van der Waals surface area contributed by atoms with Gasteiger partial charge in [0.25, 0.3) is 0 Å². The molecule has 3 aromatic carbocycles. The number of benzene rings is 3. The second kappa shape index (κ2) is 11.9. The van der Waals surface area contributed by atoms with Crippen LogP contribution in [0.15, 0.2) is 73.1 Å². The fourth-order valence-corrected chi connectivity index (χ4v) is 4.60. The molecule has 0 amide bonds. The summed E-state index contributed by atoms with van der Waals surface area (Å²) in [5.74, 6) is 0.864. The number of hydrogen-bond donors (Lipinski definition) is 5. The minimum absolute atomic E-state index is 0.0870. The van der Waals surface area contributed by atoms with Crippen LogP contribution in [0.25, 0.3) is 11.0 Å². The monoisotopic (exact) mass is 518 g/mol. The molecule has 4 aromatic rings. The summed E-state index contributed by atoms with van der Waals surface area (Å²) in [5.41, 5.74) is 3.77. The van der Waals surface area contributed by atoms with Gasteiger partial charge in [-0.1, -0.05) is 30.3 Å². The number of aromatic hydroxyl groups is 1. The number of phenolic OH excluding ortho intramolecular Hbond substituents is 1. The van der Waals surface area contributed by atoms with E-state index in [4.69, 9.17) is 4.74 Å². The molecule has 5 N–H and O–H groups in total. The smallest absolute Gasteiger partial charge is 0.138 e. The number of nitrogens with zero attached hydrogens (tertiary/aromatic N) is 2. The summed E-state index contributed by atoms with van der Waals surface area (Å²) in [6.45, 7) is 7.02. The van der Waals surface area contributed by atoms with E-state index in [0.29, 0.717) is 17.8 Å². The van der Waals surface area contributed by atoms with E-state index in [1.54, 1.807) is 32.2 Å². The topological polar surface area (TPSA) is 112 Å². The lowest BCUT2D eigenvalue weighted by Crippen LogP contribution is -2.53. The molecule has 0 aliphatic carbocycles. The summed E-state index contributed by atoms with van der Waals surface area (Å²) in [5, 5.41) is 39.0. The van der Waals surface area contributed by atoms with E-state index in [1.807, 2.05) is 48.8 Å². The van der Waals surface area contributed by atoms with Crippen LogP contribution in [0.5, 0.6) is 11.5 Å². The summed E-state index contributed by atoms with van der Waals surface area (Å²) in [7, 11) is 1.63. The van der Waals surface area contributed by atoms with Gasteiger partial charge < -0.3 is 35.3 Å². The minimum atomic E-state index is -0.995. The average molecular weight is 519 g/mol. The van der Waals surface area contributed by atoms with E-state index in [2.05, 4.69) is 40.1 Å². The second-order valence-electron chi connectivity index (χ2n) is 10.4. The van der Waals surface area contributed by atoms with E-state index in [0.717, 1.165) is 35.3 Å². The van der Waals surface area contributed by atoms with Crippen molar-refractivity contribution in [2.75, 3.05) is 12.4 Å². The molecule has 1 aromatic heterocycles. The van der Waals surface area contributed by atoms with Crippen LogP contribution in [-0.2, 0) is 13.1 Å². The van der Waals surface area contributed by atoms with Crippen LogP contribution < -0.4 is 15.4 Å². The highest BCUT2D eigenvalue weighted by molar-refractivity contribution is 5.74. The minimum Gasteiger partial charge on any atom is -0.506 e. The first-order chi connectivity index (χ1) is 18.2. The first kappa shape index (κ1) is 27.4. The number of ether oxygens (including phenoxy) is 1. The van der Waals surface area contributed by atoms with E-state index in [9.17, 15) is 15.3 Å². The Balaban J connectivity index is 1.43. The largest absolute Gasteiger partial charge is 0.506 e. The van der Waals surface area contributed by atoms with Crippen molar-refractivity contribution in [1.82, 2.24) is 14.9 Å². The van der Waals surface area contributed by atoms with E-state index in [-0.39, 0.29) is 11.3 Å². The van der Waals surface area contributed by atoms with E-state index < -0.39 is 18.2 Å². The van der Waals surface area contributed by atoms with E-state index >= 15 is 0 Å². The van der Waals surface area contributed by atoms with Crippen LogP contribution in [0.3, 0.4) is 0 Å². The van der Waals surface area contributed by atoms with Crippen molar-refractivity contribution >= 4 is 16.7 Å². The molecule has 0 saturated heterocycles. The molecule has 0 spiro atoms. The number of imidazole rings is 1. The van der Waals surface area contributed by atoms with Gasteiger partial charge in [-0.15, -0.1) is 0 Å². The zero-order valence-electron chi connectivity index (χ0n) is 22.4. The van der Waals surface area contributed by atoms with Crippen LogP contribution in [-0.4, -0.2) is 49.7 Å². The number of aliphatic hydroxyl groups is 2.